The van der Waals surface area contributed by atoms with Gasteiger partial charge in [-0.1, -0.05) is 18.2 Å². The fourth-order valence-electron chi connectivity index (χ4n) is 2.35. The van der Waals surface area contributed by atoms with Crippen molar-refractivity contribution in [3.8, 4) is 11.8 Å². The molecule has 0 radical (unpaired) electrons. The number of hydrogen-bond acceptors (Lipinski definition) is 4. The van der Waals surface area contributed by atoms with Crippen molar-refractivity contribution in [2.24, 2.45) is 0 Å². The van der Waals surface area contributed by atoms with Gasteiger partial charge in [-0.05, 0) is 55.2 Å². The molecule has 0 saturated carbocycles. The van der Waals surface area contributed by atoms with E-state index >= 15 is 0 Å². The maximum atomic E-state index is 12.0. The number of ether oxygens (including phenoxy) is 1. The predicted molar refractivity (Wildman–Crippen MR) is 96.2 cm³/mol. The highest BCUT2D eigenvalue weighted by Gasteiger charge is 2.06. The molecule has 25 heavy (non-hydrogen) atoms. The molecule has 2 aromatic carbocycles. The van der Waals surface area contributed by atoms with Crippen molar-refractivity contribution in [1.82, 2.24) is 0 Å². The van der Waals surface area contributed by atoms with Gasteiger partial charge in [-0.25, -0.2) is 0 Å². The van der Waals surface area contributed by atoms with Crippen LogP contribution in [0.4, 0.5) is 5.69 Å². The largest absolute Gasteiger partial charge is 0.494 e. The van der Waals surface area contributed by atoms with E-state index in [1.54, 1.807) is 24.3 Å². The van der Waals surface area contributed by atoms with Crippen molar-refractivity contribution in [2.75, 3.05) is 11.9 Å². The standard InChI is InChI=1S/C20H22N2O3/c1-15-8-9-17(14-23)12-19(15)22-20(24)7-2-3-10-25-18-6-4-5-16(11-18)13-21/h4-6,8-9,11-12,23H,2-3,7,10,14H2,1H3,(H,22,24). The maximum absolute atomic E-state index is 12.0. The summed E-state index contributed by atoms with van der Waals surface area (Å²) in [4.78, 5) is 12.0. The number of nitrogens with zero attached hydrogens (tertiary/aromatic N) is 1. The number of anilines is 1. The third-order valence-corrected chi connectivity index (χ3v) is 3.79. The lowest BCUT2D eigenvalue weighted by atomic mass is 10.1. The minimum Gasteiger partial charge on any atom is -0.494 e. The number of carbonyl (C=O) groups excluding carboxylic acids is 1. The van der Waals surface area contributed by atoms with Crippen molar-refractivity contribution < 1.29 is 14.6 Å². The van der Waals surface area contributed by atoms with E-state index in [1.807, 2.05) is 25.1 Å². The van der Waals surface area contributed by atoms with Gasteiger partial charge in [0.25, 0.3) is 0 Å². The first-order valence-electron chi connectivity index (χ1n) is 8.25. The number of benzene rings is 2. The molecule has 0 unspecified atom stereocenters. The summed E-state index contributed by atoms with van der Waals surface area (Å²) in [5.41, 5.74) is 3.04. The Bertz CT molecular complexity index is 766. The second-order valence-electron chi connectivity index (χ2n) is 5.80. The SMILES string of the molecule is Cc1ccc(CO)cc1NC(=O)CCCCOc1cccc(C#N)c1. The molecule has 1 amide bonds. The third-order valence-electron chi connectivity index (χ3n) is 3.79. The highest BCUT2D eigenvalue weighted by Crippen LogP contribution is 2.18. The van der Waals surface area contributed by atoms with Crippen LogP contribution in [-0.4, -0.2) is 17.6 Å². The molecule has 0 fully saturated rings. The quantitative estimate of drug-likeness (QED) is 0.721. The number of hydrogen-bond donors (Lipinski definition) is 2. The van der Waals surface area contributed by atoms with Crippen LogP contribution in [0.2, 0.25) is 0 Å². The second kappa shape index (κ2) is 9.45. The molecule has 0 saturated heterocycles. The first-order valence-corrected chi connectivity index (χ1v) is 8.25. The van der Waals surface area contributed by atoms with Gasteiger partial charge in [0.1, 0.15) is 5.75 Å². The number of unbranched alkanes of at least 4 members (excludes halogenated alkanes) is 1. The molecule has 130 valence electrons. The Balaban J connectivity index is 1.71. The van der Waals surface area contributed by atoms with Gasteiger partial charge >= 0.3 is 0 Å². The van der Waals surface area contributed by atoms with Crippen LogP contribution in [0.1, 0.15) is 36.0 Å². The minimum absolute atomic E-state index is 0.0481. The number of nitriles is 1. The Kier molecular flexibility index (Phi) is 7.00. The first kappa shape index (κ1) is 18.5. The Morgan fingerprint density at radius 1 is 1.24 bits per heavy atom. The van der Waals surface area contributed by atoms with E-state index in [4.69, 9.17) is 10.00 Å². The molecule has 5 nitrogen and oxygen atoms in total. The molecule has 2 rings (SSSR count). The van der Waals surface area contributed by atoms with Crippen molar-refractivity contribution in [2.45, 2.75) is 32.8 Å². The summed E-state index contributed by atoms with van der Waals surface area (Å²) in [6, 6.07) is 14.6. The Hall–Kier alpha value is -2.84. The van der Waals surface area contributed by atoms with E-state index in [0.29, 0.717) is 30.8 Å². The Morgan fingerprint density at radius 3 is 2.84 bits per heavy atom. The molecule has 0 aromatic heterocycles. The van der Waals surface area contributed by atoms with Crippen LogP contribution in [0.3, 0.4) is 0 Å². The molecular formula is C20H22N2O3. The highest BCUT2D eigenvalue weighted by molar-refractivity contribution is 5.91. The zero-order valence-electron chi connectivity index (χ0n) is 14.3. The van der Waals surface area contributed by atoms with Crippen LogP contribution in [0, 0.1) is 18.3 Å². The highest BCUT2D eigenvalue weighted by atomic mass is 16.5. The van der Waals surface area contributed by atoms with Gasteiger partial charge in [-0.3, -0.25) is 4.79 Å². The second-order valence-corrected chi connectivity index (χ2v) is 5.80. The topological polar surface area (TPSA) is 82.3 Å². The molecule has 0 heterocycles. The number of rotatable bonds is 8. The van der Waals surface area contributed by atoms with Gasteiger partial charge in [0.2, 0.25) is 5.91 Å². The van der Waals surface area contributed by atoms with Crippen LogP contribution in [-0.2, 0) is 11.4 Å². The smallest absolute Gasteiger partial charge is 0.224 e. The monoisotopic (exact) mass is 338 g/mol. The average Bonchev–Trinajstić information content (AvgIpc) is 2.63. The fourth-order valence-corrected chi connectivity index (χ4v) is 2.35. The lowest BCUT2D eigenvalue weighted by Gasteiger charge is -2.10. The molecule has 0 bridgehead atoms. The van der Waals surface area contributed by atoms with Crippen molar-refractivity contribution in [1.29, 1.82) is 5.26 Å². The number of carbonyl (C=O) groups is 1. The van der Waals surface area contributed by atoms with Gasteiger partial charge in [-0.2, -0.15) is 5.26 Å². The molecule has 5 heteroatoms. The van der Waals surface area contributed by atoms with Crippen LogP contribution >= 0.6 is 0 Å². The van der Waals surface area contributed by atoms with Crippen molar-refractivity contribution in [3.63, 3.8) is 0 Å². The molecule has 0 aliphatic heterocycles. The summed E-state index contributed by atoms with van der Waals surface area (Å²) in [5.74, 6) is 0.615. The summed E-state index contributed by atoms with van der Waals surface area (Å²) in [7, 11) is 0. The van der Waals surface area contributed by atoms with Crippen LogP contribution in [0.25, 0.3) is 0 Å². The Labute approximate surface area is 147 Å². The summed E-state index contributed by atoms with van der Waals surface area (Å²) in [6.45, 7) is 2.37. The zero-order valence-corrected chi connectivity index (χ0v) is 14.3. The van der Waals surface area contributed by atoms with E-state index in [0.717, 1.165) is 23.2 Å². The molecule has 2 N–H and O–H groups in total. The van der Waals surface area contributed by atoms with Crippen LogP contribution in [0.5, 0.6) is 5.75 Å². The summed E-state index contributed by atoms with van der Waals surface area (Å²) >= 11 is 0. The number of aliphatic hydroxyl groups is 1. The fraction of sp³-hybridized carbons (Fsp3) is 0.300. The molecule has 0 atom stereocenters. The van der Waals surface area contributed by atoms with Gasteiger partial charge in [0.05, 0.1) is 24.8 Å². The van der Waals surface area contributed by atoms with E-state index in [-0.39, 0.29) is 12.5 Å². The summed E-state index contributed by atoms with van der Waals surface area (Å²) < 4.78 is 5.59. The molecule has 0 aliphatic carbocycles. The minimum atomic E-state index is -0.0512. The molecule has 0 aliphatic rings. The van der Waals surface area contributed by atoms with Gasteiger partial charge in [-0.15, -0.1) is 0 Å². The lowest BCUT2D eigenvalue weighted by Crippen LogP contribution is -2.13. The molecular weight excluding hydrogens is 316 g/mol. The predicted octanol–water partition coefficient (Wildman–Crippen LogP) is 3.55. The van der Waals surface area contributed by atoms with E-state index in [9.17, 15) is 9.90 Å². The van der Waals surface area contributed by atoms with Crippen LogP contribution < -0.4 is 10.1 Å². The lowest BCUT2D eigenvalue weighted by molar-refractivity contribution is -0.116. The number of nitrogens with one attached hydrogen (secondary N) is 1. The third kappa shape index (κ3) is 5.94. The maximum Gasteiger partial charge on any atom is 0.224 e. The zero-order chi connectivity index (χ0) is 18.1. The normalized spacial score (nSPS) is 10.1. The molecule has 2 aromatic rings. The van der Waals surface area contributed by atoms with Gasteiger partial charge in [0.15, 0.2) is 0 Å². The number of amides is 1. The first-order chi connectivity index (χ1) is 12.1. The van der Waals surface area contributed by atoms with Crippen molar-refractivity contribution >= 4 is 11.6 Å². The van der Waals surface area contributed by atoms with Gasteiger partial charge in [0, 0.05) is 12.1 Å². The number of aryl methyl sites for hydroxylation is 1. The average molecular weight is 338 g/mol. The Morgan fingerprint density at radius 2 is 2.08 bits per heavy atom. The number of aliphatic hydroxyl groups excluding tert-OH is 1. The van der Waals surface area contributed by atoms with Crippen molar-refractivity contribution in [3.05, 3.63) is 59.2 Å². The van der Waals surface area contributed by atoms with E-state index in [1.165, 1.54) is 0 Å². The van der Waals surface area contributed by atoms with Crippen LogP contribution in [0.15, 0.2) is 42.5 Å². The summed E-state index contributed by atoms with van der Waals surface area (Å²) in [5, 5.41) is 20.9. The summed E-state index contributed by atoms with van der Waals surface area (Å²) in [6.07, 6.45) is 1.87. The molecule has 0 spiro atoms. The van der Waals surface area contributed by atoms with E-state index < -0.39 is 0 Å². The van der Waals surface area contributed by atoms with Gasteiger partial charge < -0.3 is 15.2 Å². The van der Waals surface area contributed by atoms with E-state index in [2.05, 4.69) is 11.4 Å².